The van der Waals surface area contributed by atoms with Gasteiger partial charge in [-0.3, -0.25) is 9.59 Å². The molecule has 0 bridgehead atoms. The number of aliphatic carboxylic acids is 1. The number of aryl methyl sites for hydroxylation is 1. The molecule has 5 nitrogen and oxygen atoms in total. The van der Waals surface area contributed by atoms with Gasteiger partial charge in [0.1, 0.15) is 17.6 Å². The van der Waals surface area contributed by atoms with Crippen molar-refractivity contribution >= 4 is 11.9 Å². The van der Waals surface area contributed by atoms with E-state index in [9.17, 15) is 14.7 Å². The molecule has 2 rings (SSSR count). The van der Waals surface area contributed by atoms with E-state index in [1.807, 2.05) is 6.92 Å². The van der Waals surface area contributed by atoms with Gasteiger partial charge in [-0.25, -0.2) is 0 Å². The number of nitrogens with zero attached hydrogens (tertiary/aromatic N) is 1. The zero-order chi connectivity index (χ0) is 13.3. The van der Waals surface area contributed by atoms with Gasteiger partial charge in [0, 0.05) is 13.0 Å². The number of carbonyl (C=O) groups excluding carboxylic acids is 1. The number of likely N-dealkylation sites (tertiary alicyclic amines) is 1. The van der Waals surface area contributed by atoms with Crippen molar-refractivity contribution in [1.82, 2.24) is 4.90 Å². The summed E-state index contributed by atoms with van der Waals surface area (Å²) in [5.74, 6) is -0.469. The van der Waals surface area contributed by atoms with Crippen LogP contribution in [0.25, 0.3) is 0 Å². The van der Waals surface area contributed by atoms with Crippen molar-refractivity contribution in [1.29, 1.82) is 0 Å². The molecule has 0 aromatic carbocycles. The lowest BCUT2D eigenvalue weighted by atomic mass is 9.98. The predicted octanol–water partition coefficient (Wildman–Crippen LogP) is 1.97. The third-order valence-electron chi connectivity index (χ3n) is 3.27. The number of hydrogen-bond acceptors (Lipinski definition) is 3. The molecule has 0 saturated carbocycles. The molecule has 18 heavy (non-hydrogen) atoms. The molecular formula is C13H17NO4. The third-order valence-corrected chi connectivity index (χ3v) is 3.27. The molecule has 2 heterocycles. The van der Waals surface area contributed by atoms with Crippen LogP contribution in [0.15, 0.2) is 16.5 Å². The van der Waals surface area contributed by atoms with Crippen molar-refractivity contribution in [2.45, 2.75) is 32.7 Å². The van der Waals surface area contributed by atoms with Gasteiger partial charge in [-0.05, 0) is 25.5 Å². The zero-order valence-corrected chi connectivity index (χ0v) is 10.5. The Morgan fingerprint density at radius 2 is 2.28 bits per heavy atom. The zero-order valence-electron chi connectivity index (χ0n) is 10.5. The minimum atomic E-state index is -0.944. The lowest BCUT2D eigenvalue weighted by Gasteiger charge is -2.24. The average molecular weight is 251 g/mol. The molecule has 98 valence electrons. The van der Waals surface area contributed by atoms with E-state index in [-0.39, 0.29) is 12.3 Å². The normalized spacial score (nSPS) is 23.7. The van der Waals surface area contributed by atoms with Crippen molar-refractivity contribution in [3.8, 4) is 0 Å². The summed E-state index contributed by atoms with van der Waals surface area (Å²) in [7, 11) is 0. The van der Waals surface area contributed by atoms with Gasteiger partial charge >= 0.3 is 5.97 Å². The average Bonchev–Trinajstić information content (AvgIpc) is 2.85. The standard InChI is InChI=1S/C13H17NO4/c1-3-6-14-11(15)7-9(13(16)17)12(14)10-5-4-8(2)18-10/h4-5,9,12H,3,6-7H2,1-2H3,(H,16,17). The molecule has 1 aliphatic heterocycles. The Bertz CT molecular complexity index is 465. The van der Waals surface area contributed by atoms with Crippen molar-refractivity contribution in [3.05, 3.63) is 23.7 Å². The van der Waals surface area contributed by atoms with E-state index in [2.05, 4.69) is 0 Å². The van der Waals surface area contributed by atoms with Crippen molar-refractivity contribution in [2.75, 3.05) is 6.54 Å². The van der Waals surface area contributed by atoms with Crippen molar-refractivity contribution < 1.29 is 19.1 Å². The van der Waals surface area contributed by atoms with Crippen molar-refractivity contribution in [2.24, 2.45) is 5.92 Å². The lowest BCUT2D eigenvalue weighted by molar-refractivity contribution is -0.143. The van der Waals surface area contributed by atoms with E-state index in [1.54, 1.807) is 24.0 Å². The Kier molecular flexibility index (Phi) is 3.41. The molecule has 1 aromatic heterocycles. The summed E-state index contributed by atoms with van der Waals surface area (Å²) >= 11 is 0. The Labute approximate surface area is 105 Å². The number of furan rings is 1. The van der Waals surface area contributed by atoms with Gasteiger partial charge in [0.05, 0.1) is 5.92 Å². The minimum absolute atomic E-state index is 0.0553. The van der Waals surface area contributed by atoms with E-state index in [4.69, 9.17) is 4.42 Å². The summed E-state index contributed by atoms with van der Waals surface area (Å²) in [6, 6.07) is 3.09. The minimum Gasteiger partial charge on any atom is -0.481 e. The Balaban J connectivity index is 2.35. The first-order valence-electron chi connectivity index (χ1n) is 6.13. The second-order valence-electron chi connectivity index (χ2n) is 4.63. The van der Waals surface area contributed by atoms with Crippen LogP contribution in [0, 0.1) is 12.8 Å². The summed E-state index contributed by atoms with van der Waals surface area (Å²) in [5.41, 5.74) is 0. The summed E-state index contributed by atoms with van der Waals surface area (Å²) in [4.78, 5) is 24.8. The number of carboxylic acids is 1. The Morgan fingerprint density at radius 3 is 2.78 bits per heavy atom. The van der Waals surface area contributed by atoms with Gasteiger partial charge in [0.25, 0.3) is 0 Å². The monoisotopic (exact) mass is 251 g/mol. The topological polar surface area (TPSA) is 70.8 Å². The maximum Gasteiger partial charge on any atom is 0.309 e. The third kappa shape index (κ3) is 2.12. The fourth-order valence-corrected chi connectivity index (χ4v) is 2.48. The number of carboxylic acid groups (broad SMARTS) is 1. The van der Waals surface area contributed by atoms with E-state index < -0.39 is 17.9 Å². The molecule has 2 atom stereocenters. The van der Waals surface area contributed by atoms with E-state index in [0.29, 0.717) is 12.3 Å². The molecule has 0 radical (unpaired) electrons. The second kappa shape index (κ2) is 4.84. The SMILES string of the molecule is CCCN1C(=O)CC(C(=O)O)C1c1ccc(C)o1. The van der Waals surface area contributed by atoms with Crippen LogP contribution in [0.2, 0.25) is 0 Å². The van der Waals surface area contributed by atoms with Gasteiger partial charge < -0.3 is 14.4 Å². The highest BCUT2D eigenvalue weighted by Crippen LogP contribution is 2.38. The molecule has 1 amide bonds. The fourth-order valence-electron chi connectivity index (χ4n) is 2.48. The maximum absolute atomic E-state index is 11.9. The molecule has 0 spiro atoms. The van der Waals surface area contributed by atoms with Crippen LogP contribution in [0.5, 0.6) is 0 Å². The molecule has 1 aromatic rings. The van der Waals surface area contributed by atoms with E-state index in [1.165, 1.54) is 0 Å². The van der Waals surface area contributed by atoms with Crippen LogP contribution in [0.1, 0.15) is 37.3 Å². The van der Waals surface area contributed by atoms with Gasteiger partial charge in [0.15, 0.2) is 0 Å². The molecule has 5 heteroatoms. The predicted molar refractivity (Wildman–Crippen MR) is 63.9 cm³/mol. The smallest absolute Gasteiger partial charge is 0.309 e. The first kappa shape index (κ1) is 12.7. The number of hydrogen-bond donors (Lipinski definition) is 1. The molecule has 1 saturated heterocycles. The molecular weight excluding hydrogens is 234 g/mol. The van der Waals surface area contributed by atoms with Crippen molar-refractivity contribution in [3.63, 3.8) is 0 Å². The summed E-state index contributed by atoms with van der Waals surface area (Å²) < 4.78 is 5.52. The molecule has 1 aliphatic rings. The van der Waals surface area contributed by atoms with Crippen LogP contribution >= 0.6 is 0 Å². The van der Waals surface area contributed by atoms with Crippen LogP contribution in [0.3, 0.4) is 0 Å². The van der Waals surface area contributed by atoms with E-state index >= 15 is 0 Å². The van der Waals surface area contributed by atoms with Gasteiger partial charge in [-0.2, -0.15) is 0 Å². The highest BCUT2D eigenvalue weighted by atomic mass is 16.4. The van der Waals surface area contributed by atoms with Crippen LogP contribution in [-0.4, -0.2) is 28.4 Å². The van der Waals surface area contributed by atoms with Crippen LogP contribution in [0.4, 0.5) is 0 Å². The first-order chi connectivity index (χ1) is 8.54. The Hall–Kier alpha value is -1.78. The van der Waals surface area contributed by atoms with Crippen LogP contribution in [-0.2, 0) is 9.59 Å². The van der Waals surface area contributed by atoms with Crippen LogP contribution < -0.4 is 0 Å². The highest BCUT2D eigenvalue weighted by molar-refractivity contribution is 5.87. The second-order valence-corrected chi connectivity index (χ2v) is 4.63. The maximum atomic E-state index is 11.9. The molecule has 2 unspecified atom stereocenters. The molecule has 0 aliphatic carbocycles. The largest absolute Gasteiger partial charge is 0.481 e. The fraction of sp³-hybridized carbons (Fsp3) is 0.538. The van der Waals surface area contributed by atoms with Gasteiger partial charge in [0.2, 0.25) is 5.91 Å². The van der Waals surface area contributed by atoms with Gasteiger partial charge in [-0.1, -0.05) is 6.92 Å². The first-order valence-corrected chi connectivity index (χ1v) is 6.13. The van der Waals surface area contributed by atoms with E-state index in [0.717, 1.165) is 12.2 Å². The molecule has 1 N–H and O–H groups in total. The lowest BCUT2D eigenvalue weighted by Crippen LogP contribution is -2.31. The quantitative estimate of drug-likeness (QED) is 0.888. The number of amides is 1. The summed E-state index contributed by atoms with van der Waals surface area (Å²) in [6.45, 7) is 4.33. The highest BCUT2D eigenvalue weighted by Gasteiger charge is 2.45. The summed E-state index contributed by atoms with van der Waals surface area (Å²) in [5, 5.41) is 9.24. The number of carbonyl (C=O) groups is 2. The van der Waals surface area contributed by atoms with Gasteiger partial charge in [-0.15, -0.1) is 0 Å². The Morgan fingerprint density at radius 1 is 1.56 bits per heavy atom. The summed E-state index contributed by atoms with van der Waals surface area (Å²) in [6.07, 6.45) is 0.855. The number of rotatable bonds is 4. The molecule has 1 fully saturated rings.